The summed E-state index contributed by atoms with van der Waals surface area (Å²) in [6, 6.07) is 9.76. The fourth-order valence-electron chi connectivity index (χ4n) is 3.16. The van der Waals surface area contributed by atoms with E-state index in [0.29, 0.717) is 37.6 Å². The van der Waals surface area contributed by atoms with Gasteiger partial charge in [-0.15, -0.1) is 0 Å². The van der Waals surface area contributed by atoms with Crippen molar-refractivity contribution < 1.29 is 22.5 Å². The number of halogens is 1. The predicted molar refractivity (Wildman–Crippen MR) is 105 cm³/mol. The molecule has 10 heteroatoms. The van der Waals surface area contributed by atoms with Gasteiger partial charge in [-0.1, -0.05) is 12.1 Å². The molecule has 8 nitrogen and oxygen atoms in total. The molecule has 1 aliphatic heterocycles. The van der Waals surface area contributed by atoms with Crippen LogP contribution in [0, 0.1) is 22.9 Å². The first kappa shape index (κ1) is 21.2. The number of hydrogen-bond acceptors (Lipinski definition) is 6. The van der Waals surface area contributed by atoms with E-state index in [2.05, 4.69) is 4.90 Å². The van der Waals surface area contributed by atoms with Gasteiger partial charge in [-0.3, -0.25) is 15.0 Å². The van der Waals surface area contributed by atoms with E-state index < -0.39 is 14.9 Å². The second kappa shape index (κ2) is 8.85. The maximum absolute atomic E-state index is 13.2. The lowest BCUT2D eigenvalue weighted by molar-refractivity contribution is -0.385. The number of benzene rings is 2. The molecule has 0 N–H and O–H groups in total. The molecule has 3 rings (SSSR count). The minimum Gasteiger partial charge on any atom is -0.492 e. The van der Waals surface area contributed by atoms with Crippen LogP contribution in [0.3, 0.4) is 0 Å². The molecule has 2 aromatic rings. The fraction of sp³-hybridized carbons (Fsp3) is 0.368. The maximum atomic E-state index is 13.2. The Balaban J connectivity index is 1.57. The average Bonchev–Trinajstić information content (AvgIpc) is 2.68. The SMILES string of the molecule is Cc1ccc([N+](=O)[O-])cc1S(=O)(=O)N1CCN(CCOc2cccc(F)c2)CC1. The Morgan fingerprint density at radius 2 is 1.86 bits per heavy atom. The van der Waals surface area contributed by atoms with Crippen LogP contribution in [0.4, 0.5) is 10.1 Å². The number of aryl methyl sites for hydroxylation is 1. The lowest BCUT2D eigenvalue weighted by Gasteiger charge is -2.34. The molecule has 1 saturated heterocycles. The molecular formula is C19H22FN3O5S. The third kappa shape index (κ3) is 5.08. The topological polar surface area (TPSA) is 93.0 Å². The molecule has 1 aliphatic rings. The van der Waals surface area contributed by atoms with Crippen molar-refractivity contribution in [3.05, 3.63) is 64.0 Å². The smallest absolute Gasteiger partial charge is 0.270 e. The second-order valence-electron chi connectivity index (χ2n) is 6.76. The van der Waals surface area contributed by atoms with Crippen molar-refractivity contribution in [2.75, 3.05) is 39.3 Å². The van der Waals surface area contributed by atoms with E-state index in [1.54, 1.807) is 19.1 Å². The van der Waals surface area contributed by atoms with Crippen molar-refractivity contribution in [2.24, 2.45) is 0 Å². The number of piperazine rings is 1. The summed E-state index contributed by atoms with van der Waals surface area (Å²) in [6.45, 7) is 4.16. The Morgan fingerprint density at radius 1 is 1.14 bits per heavy atom. The van der Waals surface area contributed by atoms with Gasteiger partial charge in [0.1, 0.15) is 18.2 Å². The molecule has 2 aromatic carbocycles. The third-order valence-electron chi connectivity index (χ3n) is 4.80. The van der Waals surface area contributed by atoms with E-state index in [1.807, 2.05) is 0 Å². The van der Waals surface area contributed by atoms with E-state index in [1.165, 1.54) is 28.6 Å². The van der Waals surface area contributed by atoms with Crippen LogP contribution in [0.2, 0.25) is 0 Å². The van der Waals surface area contributed by atoms with Gasteiger partial charge in [0.25, 0.3) is 5.69 Å². The van der Waals surface area contributed by atoms with Crippen LogP contribution in [0.25, 0.3) is 0 Å². The van der Waals surface area contributed by atoms with Crippen molar-refractivity contribution in [2.45, 2.75) is 11.8 Å². The number of ether oxygens (including phenoxy) is 1. The summed E-state index contributed by atoms with van der Waals surface area (Å²) in [4.78, 5) is 12.4. The Kier molecular flexibility index (Phi) is 6.46. The maximum Gasteiger partial charge on any atom is 0.270 e. The Hall–Kier alpha value is -2.56. The van der Waals surface area contributed by atoms with E-state index in [-0.39, 0.29) is 29.5 Å². The van der Waals surface area contributed by atoms with E-state index in [9.17, 15) is 22.9 Å². The largest absolute Gasteiger partial charge is 0.492 e. The summed E-state index contributed by atoms with van der Waals surface area (Å²) >= 11 is 0. The minimum atomic E-state index is -3.81. The summed E-state index contributed by atoms with van der Waals surface area (Å²) in [5, 5.41) is 11.0. The molecule has 1 fully saturated rings. The molecule has 0 saturated carbocycles. The van der Waals surface area contributed by atoms with Gasteiger partial charge in [0, 0.05) is 50.9 Å². The zero-order chi connectivity index (χ0) is 21.0. The van der Waals surface area contributed by atoms with Crippen LogP contribution in [0.1, 0.15) is 5.56 Å². The van der Waals surface area contributed by atoms with Gasteiger partial charge < -0.3 is 4.74 Å². The monoisotopic (exact) mass is 423 g/mol. The summed E-state index contributed by atoms with van der Waals surface area (Å²) in [6.07, 6.45) is 0. The molecule has 0 aromatic heterocycles. The Morgan fingerprint density at radius 3 is 2.52 bits per heavy atom. The van der Waals surface area contributed by atoms with Crippen LogP contribution >= 0.6 is 0 Å². The first-order valence-electron chi connectivity index (χ1n) is 9.13. The minimum absolute atomic E-state index is 0.0328. The van der Waals surface area contributed by atoms with E-state index in [0.717, 1.165) is 6.07 Å². The molecule has 0 bridgehead atoms. The van der Waals surface area contributed by atoms with Crippen LogP contribution in [-0.4, -0.2) is 61.9 Å². The van der Waals surface area contributed by atoms with E-state index in [4.69, 9.17) is 4.74 Å². The second-order valence-corrected chi connectivity index (χ2v) is 8.66. The van der Waals surface area contributed by atoms with Crippen molar-refractivity contribution in [3.63, 3.8) is 0 Å². The summed E-state index contributed by atoms with van der Waals surface area (Å²) in [7, 11) is -3.81. The van der Waals surface area contributed by atoms with Gasteiger partial charge in [-0.05, 0) is 24.6 Å². The fourth-order valence-corrected chi connectivity index (χ4v) is 4.83. The van der Waals surface area contributed by atoms with Crippen LogP contribution in [0.15, 0.2) is 47.4 Å². The van der Waals surface area contributed by atoms with Crippen molar-refractivity contribution >= 4 is 15.7 Å². The van der Waals surface area contributed by atoms with E-state index >= 15 is 0 Å². The lowest BCUT2D eigenvalue weighted by atomic mass is 10.2. The Bertz CT molecular complexity index is 991. The zero-order valence-corrected chi connectivity index (χ0v) is 16.8. The van der Waals surface area contributed by atoms with Crippen molar-refractivity contribution in [1.82, 2.24) is 9.21 Å². The standard InChI is InChI=1S/C19H22FN3O5S/c1-15-5-6-17(23(24)25)14-19(15)29(26,27)22-9-7-21(8-10-22)11-12-28-18-4-2-3-16(20)13-18/h2-6,13-14H,7-12H2,1H3. The molecule has 0 amide bonds. The summed E-state index contributed by atoms with van der Waals surface area (Å²) in [5.41, 5.74) is 0.226. The van der Waals surface area contributed by atoms with Gasteiger partial charge in [0.2, 0.25) is 10.0 Å². The van der Waals surface area contributed by atoms with Gasteiger partial charge in [0.15, 0.2) is 0 Å². The summed E-state index contributed by atoms with van der Waals surface area (Å²) < 4.78 is 45.9. The predicted octanol–water partition coefficient (Wildman–Crippen LogP) is 2.43. The quantitative estimate of drug-likeness (QED) is 0.502. The van der Waals surface area contributed by atoms with Gasteiger partial charge >= 0.3 is 0 Å². The molecule has 0 radical (unpaired) electrons. The highest BCUT2D eigenvalue weighted by atomic mass is 32.2. The normalized spacial score (nSPS) is 15.9. The Labute approximate surface area is 168 Å². The first-order chi connectivity index (χ1) is 13.8. The number of rotatable bonds is 7. The molecular weight excluding hydrogens is 401 g/mol. The van der Waals surface area contributed by atoms with Gasteiger partial charge in [-0.25, -0.2) is 12.8 Å². The lowest BCUT2D eigenvalue weighted by Crippen LogP contribution is -2.49. The number of nitrogens with zero attached hydrogens (tertiary/aromatic N) is 3. The molecule has 0 unspecified atom stereocenters. The first-order valence-corrected chi connectivity index (χ1v) is 10.6. The number of non-ortho nitro benzene ring substituents is 1. The summed E-state index contributed by atoms with van der Waals surface area (Å²) in [5.74, 6) is 0.0881. The molecule has 0 spiro atoms. The van der Waals surface area contributed by atoms with Crippen LogP contribution < -0.4 is 4.74 Å². The number of nitro groups is 1. The third-order valence-corrected chi connectivity index (χ3v) is 6.84. The number of nitro benzene ring substituents is 1. The van der Waals surface area contributed by atoms with Gasteiger partial charge in [-0.2, -0.15) is 4.31 Å². The molecule has 29 heavy (non-hydrogen) atoms. The van der Waals surface area contributed by atoms with Crippen molar-refractivity contribution in [1.29, 1.82) is 0 Å². The molecule has 156 valence electrons. The highest BCUT2D eigenvalue weighted by molar-refractivity contribution is 7.89. The highest BCUT2D eigenvalue weighted by Gasteiger charge is 2.30. The van der Waals surface area contributed by atoms with Crippen LogP contribution in [0.5, 0.6) is 5.75 Å². The highest BCUT2D eigenvalue weighted by Crippen LogP contribution is 2.25. The van der Waals surface area contributed by atoms with Crippen LogP contribution in [-0.2, 0) is 10.0 Å². The zero-order valence-electron chi connectivity index (χ0n) is 16.0. The molecule has 0 atom stereocenters. The number of sulfonamides is 1. The molecule has 1 heterocycles. The number of hydrogen-bond donors (Lipinski definition) is 0. The average molecular weight is 423 g/mol. The van der Waals surface area contributed by atoms with Gasteiger partial charge in [0.05, 0.1) is 9.82 Å². The van der Waals surface area contributed by atoms with Crippen molar-refractivity contribution in [3.8, 4) is 5.75 Å². The molecule has 0 aliphatic carbocycles.